The maximum absolute atomic E-state index is 12.3. The normalized spacial score (nSPS) is 16.1. The van der Waals surface area contributed by atoms with Crippen LogP contribution in [0.5, 0.6) is 5.75 Å². The molecular weight excluding hydrogens is 288 g/mol. The third kappa shape index (κ3) is 3.31. The minimum Gasteiger partial charge on any atom is -0.496 e. The molecule has 0 aliphatic carbocycles. The lowest BCUT2D eigenvalue weighted by molar-refractivity contribution is -0.120. The first kappa shape index (κ1) is 15.4. The zero-order valence-corrected chi connectivity index (χ0v) is 13.6. The first-order valence-corrected chi connectivity index (χ1v) is 7.92. The average molecular weight is 310 g/mol. The monoisotopic (exact) mass is 310 g/mol. The fraction of sp³-hybridized carbons (Fsp3) is 0.316. The van der Waals surface area contributed by atoms with Gasteiger partial charge in [0.1, 0.15) is 5.75 Å². The number of nitrogens with one attached hydrogen (secondary N) is 1. The van der Waals surface area contributed by atoms with Gasteiger partial charge in [0.05, 0.1) is 13.7 Å². The van der Waals surface area contributed by atoms with Crippen molar-refractivity contribution in [2.75, 3.05) is 18.6 Å². The predicted molar refractivity (Wildman–Crippen MR) is 91.8 cm³/mol. The summed E-state index contributed by atoms with van der Waals surface area (Å²) in [6, 6.07) is 16.4. The molecule has 0 aromatic heterocycles. The molecule has 120 valence electrons. The van der Waals surface area contributed by atoms with Crippen LogP contribution in [0.3, 0.4) is 0 Å². The summed E-state index contributed by atoms with van der Waals surface area (Å²) in [5.74, 6) is 0.826. The van der Waals surface area contributed by atoms with E-state index in [1.165, 1.54) is 11.3 Å². The van der Waals surface area contributed by atoms with Crippen LogP contribution in [0.25, 0.3) is 0 Å². The van der Waals surface area contributed by atoms with Crippen LogP contribution in [-0.4, -0.2) is 25.6 Å². The molecule has 3 rings (SSSR count). The third-order valence-corrected chi connectivity index (χ3v) is 4.33. The van der Waals surface area contributed by atoms with Crippen LogP contribution >= 0.6 is 0 Å². The Morgan fingerprint density at radius 1 is 1.22 bits per heavy atom. The minimum absolute atomic E-state index is 0.0273. The van der Waals surface area contributed by atoms with Crippen LogP contribution in [0.1, 0.15) is 18.1 Å². The zero-order chi connectivity index (χ0) is 16.2. The van der Waals surface area contributed by atoms with Gasteiger partial charge in [-0.15, -0.1) is 0 Å². The third-order valence-electron chi connectivity index (χ3n) is 4.33. The number of hydrogen-bond acceptors (Lipinski definition) is 3. The second-order valence-corrected chi connectivity index (χ2v) is 5.90. The fourth-order valence-electron chi connectivity index (χ4n) is 3.12. The first-order valence-electron chi connectivity index (χ1n) is 7.92. The smallest absolute Gasteiger partial charge is 0.239 e. The molecule has 23 heavy (non-hydrogen) atoms. The molecule has 0 spiro atoms. The molecule has 4 heteroatoms. The van der Waals surface area contributed by atoms with Gasteiger partial charge >= 0.3 is 0 Å². The average Bonchev–Trinajstić information content (AvgIpc) is 2.89. The number of carbonyl (C=O) groups excluding carboxylic acids is 1. The van der Waals surface area contributed by atoms with E-state index in [2.05, 4.69) is 35.3 Å². The van der Waals surface area contributed by atoms with E-state index in [1.807, 2.05) is 30.3 Å². The summed E-state index contributed by atoms with van der Waals surface area (Å²) in [5, 5.41) is 2.99. The molecule has 2 aromatic rings. The molecule has 4 nitrogen and oxygen atoms in total. The summed E-state index contributed by atoms with van der Waals surface area (Å²) in [7, 11) is 1.64. The van der Waals surface area contributed by atoms with Crippen molar-refractivity contribution in [3.8, 4) is 5.75 Å². The Morgan fingerprint density at radius 2 is 1.96 bits per heavy atom. The summed E-state index contributed by atoms with van der Waals surface area (Å²) in [6.07, 6.45) is 0.996. The molecule has 0 radical (unpaired) electrons. The Labute approximate surface area is 137 Å². The summed E-state index contributed by atoms with van der Waals surface area (Å²) >= 11 is 0. The van der Waals surface area contributed by atoms with E-state index in [9.17, 15) is 4.79 Å². The van der Waals surface area contributed by atoms with E-state index in [1.54, 1.807) is 7.11 Å². The van der Waals surface area contributed by atoms with E-state index in [-0.39, 0.29) is 5.91 Å². The molecule has 2 aromatic carbocycles. The zero-order valence-electron chi connectivity index (χ0n) is 13.6. The highest BCUT2D eigenvalue weighted by Crippen LogP contribution is 2.31. The molecular formula is C19H22N2O2. The topological polar surface area (TPSA) is 41.6 Å². The maximum atomic E-state index is 12.3. The van der Waals surface area contributed by atoms with E-state index in [0.29, 0.717) is 19.1 Å². The van der Waals surface area contributed by atoms with Crippen LogP contribution < -0.4 is 15.0 Å². The van der Waals surface area contributed by atoms with Gasteiger partial charge in [-0.1, -0.05) is 36.4 Å². The molecule has 0 saturated carbocycles. The van der Waals surface area contributed by atoms with Gasteiger partial charge in [-0.2, -0.15) is 0 Å². The number of anilines is 1. The number of fused-ring (bicyclic) bond motifs is 1. The number of hydrogen-bond donors (Lipinski definition) is 1. The largest absolute Gasteiger partial charge is 0.496 e. The van der Waals surface area contributed by atoms with Crippen LogP contribution in [0.2, 0.25) is 0 Å². The second kappa shape index (κ2) is 6.73. The highest BCUT2D eigenvalue weighted by molar-refractivity contribution is 5.82. The molecule has 1 amide bonds. The first-order chi connectivity index (χ1) is 11.2. The lowest BCUT2D eigenvalue weighted by Gasteiger charge is -2.24. The molecule has 1 N–H and O–H groups in total. The van der Waals surface area contributed by atoms with Crippen LogP contribution in [0.4, 0.5) is 5.69 Å². The van der Waals surface area contributed by atoms with E-state index in [4.69, 9.17) is 4.74 Å². The van der Waals surface area contributed by atoms with Crippen molar-refractivity contribution in [1.29, 1.82) is 0 Å². The Hall–Kier alpha value is -2.49. The van der Waals surface area contributed by atoms with Crippen molar-refractivity contribution < 1.29 is 9.53 Å². The number of benzene rings is 2. The number of carbonyl (C=O) groups is 1. The SMILES string of the molecule is COc1ccccc1CNC(=O)CN1c2ccccc2C[C@@H]1C. The number of ether oxygens (including phenoxy) is 1. The van der Waals surface area contributed by atoms with Crippen LogP contribution in [-0.2, 0) is 17.8 Å². The standard InChI is InChI=1S/C19H22N2O2/c1-14-11-15-7-3-5-9-17(15)21(14)13-19(22)20-12-16-8-4-6-10-18(16)23-2/h3-10,14H,11-13H2,1-2H3,(H,20,22)/t14-/m0/s1. The van der Waals surface area contributed by atoms with E-state index < -0.39 is 0 Å². The highest BCUT2D eigenvalue weighted by Gasteiger charge is 2.26. The summed E-state index contributed by atoms with van der Waals surface area (Å²) in [5.41, 5.74) is 3.48. The number of nitrogens with zero attached hydrogens (tertiary/aromatic N) is 1. The maximum Gasteiger partial charge on any atom is 0.239 e. The van der Waals surface area contributed by atoms with E-state index in [0.717, 1.165) is 17.7 Å². The Morgan fingerprint density at radius 3 is 2.78 bits per heavy atom. The van der Waals surface area contributed by atoms with Crippen molar-refractivity contribution in [2.45, 2.75) is 25.9 Å². The number of rotatable bonds is 5. The summed E-state index contributed by atoms with van der Waals surface area (Å²) in [6.45, 7) is 3.02. The lowest BCUT2D eigenvalue weighted by atomic mass is 10.1. The van der Waals surface area contributed by atoms with Crippen molar-refractivity contribution >= 4 is 11.6 Å². The molecule has 1 heterocycles. The molecule has 1 aliphatic rings. The van der Waals surface area contributed by atoms with Crippen LogP contribution in [0.15, 0.2) is 48.5 Å². The van der Waals surface area contributed by atoms with Crippen molar-refractivity contribution in [1.82, 2.24) is 5.32 Å². The molecule has 0 unspecified atom stereocenters. The van der Waals surface area contributed by atoms with Crippen molar-refractivity contribution in [2.24, 2.45) is 0 Å². The van der Waals surface area contributed by atoms with Crippen LogP contribution in [0, 0.1) is 0 Å². The number of para-hydroxylation sites is 2. The second-order valence-electron chi connectivity index (χ2n) is 5.90. The molecule has 0 saturated heterocycles. The van der Waals surface area contributed by atoms with Crippen molar-refractivity contribution in [3.05, 3.63) is 59.7 Å². The van der Waals surface area contributed by atoms with Gasteiger partial charge in [-0.3, -0.25) is 4.79 Å². The van der Waals surface area contributed by atoms with Gasteiger partial charge in [0, 0.05) is 23.8 Å². The highest BCUT2D eigenvalue weighted by atomic mass is 16.5. The summed E-state index contributed by atoms with van der Waals surface area (Å²) < 4.78 is 5.31. The van der Waals surface area contributed by atoms with Gasteiger partial charge in [-0.25, -0.2) is 0 Å². The van der Waals surface area contributed by atoms with Gasteiger partial charge in [0.2, 0.25) is 5.91 Å². The lowest BCUT2D eigenvalue weighted by Crippen LogP contribution is -2.39. The molecule has 1 aliphatic heterocycles. The quantitative estimate of drug-likeness (QED) is 0.923. The fourth-order valence-corrected chi connectivity index (χ4v) is 3.12. The van der Waals surface area contributed by atoms with Gasteiger partial charge < -0.3 is 15.0 Å². The van der Waals surface area contributed by atoms with Crippen molar-refractivity contribution in [3.63, 3.8) is 0 Å². The Balaban J connectivity index is 1.62. The van der Waals surface area contributed by atoms with Gasteiger partial charge in [-0.05, 0) is 31.0 Å². The molecule has 0 fully saturated rings. The minimum atomic E-state index is 0.0273. The number of amides is 1. The Bertz CT molecular complexity index is 699. The molecule has 0 bridgehead atoms. The van der Waals surface area contributed by atoms with E-state index >= 15 is 0 Å². The molecule has 1 atom stereocenters. The predicted octanol–water partition coefficient (Wildman–Crippen LogP) is 2.76. The Kier molecular flexibility index (Phi) is 4.51. The van der Waals surface area contributed by atoms with Gasteiger partial charge in [0.15, 0.2) is 0 Å². The van der Waals surface area contributed by atoms with Gasteiger partial charge in [0.25, 0.3) is 0 Å². The number of methoxy groups -OCH3 is 1. The summed E-state index contributed by atoms with van der Waals surface area (Å²) in [4.78, 5) is 14.5.